The van der Waals surface area contributed by atoms with E-state index in [4.69, 9.17) is 5.11 Å². The summed E-state index contributed by atoms with van der Waals surface area (Å²) in [7, 11) is 0. The van der Waals surface area contributed by atoms with Crippen LogP contribution in [0.5, 0.6) is 0 Å². The lowest BCUT2D eigenvalue weighted by Crippen LogP contribution is -2.19. The second-order valence-corrected chi connectivity index (χ2v) is 6.22. The molecule has 1 nitrogen and oxygen atoms in total. The van der Waals surface area contributed by atoms with Crippen molar-refractivity contribution in [1.82, 2.24) is 0 Å². The van der Waals surface area contributed by atoms with Crippen LogP contribution in [0.4, 0.5) is 0 Å². The van der Waals surface area contributed by atoms with Gasteiger partial charge in [-0.2, -0.15) is 0 Å². The molecule has 0 amide bonds. The van der Waals surface area contributed by atoms with Crippen molar-refractivity contribution in [2.45, 2.75) is 65.7 Å². The number of rotatable bonds is 6. The summed E-state index contributed by atoms with van der Waals surface area (Å²) >= 11 is 0. The Labute approximate surface area is 102 Å². The predicted octanol–water partition coefficient (Wildman–Crippen LogP) is 4.25. The number of aliphatic hydroxyl groups is 1. The van der Waals surface area contributed by atoms with E-state index >= 15 is 0 Å². The van der Waals surface area contributed by atoms with Crippen molar-refractivity contribution >= 4 is 0 Å². The van der Waals surface area contributed by atoms with Gasteiger partial charge < -0.3 is 5.11 Å². The number of aliphatic hydroxyl groups excluding tert-OH is 1. The Morgan fingerprint density at radius 3 is 2.12 bits per heavy atom. The van der Waals surface area contributed by atoms with Crippen LogP contribution in [0.15, 0.2) is 0 Å². The first-order chi connectivity index (χ1) is 7.63. The highest BCUT2D eigenvalue weighted by Crippen LogP contribution is 2.35. The SMILES string of the molecule is CC(CCO)CCC1CCC(C(C)C)CC1. The predicted molar refractivity (Wildman–Crippen MR) is 70.4 cm³/mol. The topological polar surface area (TPSA) is 20.2 Å². The van der Waals surface area contributed by atoms with Crippen molar-refractivity contribution < 1.29 is 5.11 Å². The fraction of sp³-hybridized carbons (Fsp3) is 1.00. The average Bonchev–Trinajstić information content (AvgIpc) is 2.27. The summed E-state index contributed by atoms with van der Waals surface area (Å²) in [5.41, 5.74) is 0. The van der Waals surface area contributed by atoms with E-state index in [-0.39, 0.29) is 0 Å². The lowest BCUT2D eigenvalue weighted by Gasteiger charge is -2.31. The van der Waals surface area contributed by atoms with Crippen molar-refractivity contribution in [1.29, 1.82) is 0 Å². The minimum absolute atomic E-state index is 0.362. The molecule has 1 rings (SSSR count). The maximum Gasteiger partial charge on any atom is 0.0433 e. The van der Waals surface area contributed by atoms with Crippen LogP contribution in [0.2, 0.25) is 0 Å². The molecule has 1 heteroatoms. The maximum atomic E-state index is 8.87. The first kappa shape index (κ1) is 14.0. The molecule has 0 radical (unpaired) electrons. The molecule has 0 heterocycles. The van der Waals surface area contributed by atoms with Crippen LogP contribution < -0.4 is 0 Å². The quantitative estimate of drug-likeness (QED) is 0.718. The number of hydrogen-bond donors (Lipinski definition) is 1. The van der Waals surface area contributed by atoms with Gasteiger partial charge >= 0.3 is 0 Å². The van der Waals surface area contributed by atoms with E-state index in [0.717, 1.165) is 24.2 Å². The normalized spacial score (nSPS) is 28.3. The lowest BCUT2D eigenvalue weighted by atomic mass is 9.75. The molecule has 0 saturated heterocycles. The van der Waals surface area contributed by atoms with Crippen molar-refractivity contribution in [2.24, 2.45) is 23.7 Å². The van der Waals surface area contributed by atoms with Gasteiger partial charge in [-0.15, -0.1) is 0 Å². The van der Waals surface area contributed by atoms with Gasteiger partial charge in [-0.05, 0) is 42.9 Å². The van der Waals surface area contributed by atoms with Crippen molar-refractivity contribution in [3.63, 3.8) is 0 Å². The van der Waals surface area contributed by atoms with Crippen molar-refractivity contribution in [3.8, 4) is 0 Å². The molecule has 0 aliphatic heterocycles. The van der Waals surface area contributed by atoms with E-state index < -0.39 is 0 Å². The minimum atomic E-state index is 0.362. The summed E-state index contributed by atoms with van der Waals surface area (Å²) in [5, 5.41) is 8.87. The molecule has 1 atom stereocenters. The molecule has 0 bridgehead atoms. The van der Waals surface area contributed by atoms with Crippen molar-refractivity contribution in [2.75, 3.05) is 6.61 Å². The first-order valence-electron chi connectivity index (χ1n) is 7.24. The zero-order valence-electron chi connectivity index (χ0n) is 11.4. The second-order valence-electron chi connectivity index (χ2n) is 6.22. The zero-order chi connectivity index (χ0) is 12.0. The highest BCUT2D eigenvalue weighted by Gasteiger charge is 2.23. The van der Waals surface area contributed by atoms with Crippen molar-refractivity contribution in [3.05, 3.63) is 0 Å². The second kappa shape index (κ2) is 7.32. The Kier molecular flexibility index (Phi) is 6.41. The third kappa shape index (κ3) is 4.86. The molecule has 0 aromatic rings. The Hall–Kier alpha value is -0.0400. The average molecular weight is 226 g/mol. The Morgan fingerprint density at radius 2 is 1.62 bits per heavy atom. The summed E-state index contributed by atoms with van der Waals surface area (Å²) in [6, 6.07) is 0. The van der Waals surface area contributed by atoms with Gasteiger partial charge in [0, 0.05) is 6.61 Å². The third-order valence-corrected chi connectivity index (χ3v) is 4.52. The first-order valence-corrected chi connectivity index (χ1v) is 7.24. The molecule has 16 heavy (non-hydrogen) atoms. The minimum Gasteiger partial charge on any atom is -0.396 e. The zero-order valence-corrected chi connectivity index (χ0v) is 11.4. The number of hydrogen-bond acceptors (Lipinski definition) is 1. The van der Waals surface area contributed by atoms with Crippen LogP contribution in [-0.2, 0) is 0 Å². The molecule has 0 aromatic heterocycles. The largest absolute Gasteiger partial charge is 0.396 e. The Bertz CT molecular complexity index is 168. The van der Waals surface area contributed by atoms with Crippen LogP contribution in [0, 0.1) is 23.7 Å². The van der Waals surface area contributed by atoms with E-state index in [9.17, 15) is 0 Å². The van der Waals surface area contributed by atoms with Crippen LogP contribution in [0.25, 0.3) is 0 Å². The highest BCUT2D eigenvalue weighted by atomic mass is 16.3. The van der Waals surface area contributed by atoms with Gasteiger partial charge in [0.25, 0.3) is 0 Å². The molecule has 1 unspecified atom stereocenters. The molecule has 96 valence electrons. The van der Waals surface area contributed by atoms with Crippen LogP contribution in [0.1, 0.15) is 65.7 Å². The summed E-state index contributed by atoms with van der Waals surface area (Å²) in [5.74, 6) is 3.57. The summed E-state index contributed by atoms with van der Waals surface area (Å²) < 4.78 is 0. The van der Waals surface area contributed by atoms with Gasteiger partial charge in [-0.3, -0.25) is 0 Å². The summed E-state index contributed by atoms with van der Waals surface area (Å²) in [4.78, 5) is 0. The van der Waals surface area contributed by atoms with Crippen LogP contribution >= 0.6 is 0 Å². The van der Waals surface area contributed by atoms with Gasteiger partial charge in [0.1, 0.15) is 0 Å². The van der Waals surface area contributed by atoms with Gasteiger partial charge in [0.05, 0.1) is 0 Å². The summed E-state index contributed by atoms with van der Waals surface area (Å²) in [6.07, 6.45) is 9.52. The fourth-order valence-electron chi connectivity index (χ4n) is 3.03. The molecule has 1 N–H and O–H groups in total. The fourth-order valence-corrected chi connectivity index (χ4v) is 3.03. The van der Waals surface area contributed by atoms with Crippen LogP contribution in [0.3, 0.4) is 0 Å². The van der Waals surface area contributed by atoms with Crippen LogP contribution in [-0.4, -0.2) is 11.7 Å². The van der Waals surface area contributed by atoms with Gasteiger partial charge in [0.2, 0.25) is 0 Å². The molecule has 1 saturated carbocycles. The maximum absolute atomic E-state index is 8.87. The molecule has 0 spiro atoms. The van der Waals surface area contributed by atoms with Gasteiger partial charge in [-0.1, -0.05) is 46.5 Å². The van der Waals surface area contributed by atoms with E-state index in [0.29, 0.717) is 12.5 Å². The van der Waals surface area contributed by atoms with E-state index in [2.05, 4.69) is 20.8 Å². The smallest absolute Gasteiger partial charge is 0.0433 e. The third-order valence-electron chi connectivity index (χ3n) is 4.52. The van der Waals surface area contributed by atoms with E-state index in [1.54, 1.807) is 0 Å². The molecular formula is C15H30O. The molecule has 1 fully saturated rings. The monoisotopic (exact) mass is 226 g/mol. The Balaban J connectivity index is 2.12. The molecule has 0 aromatic carbocycles. The molecule has 1 aliphatic rings. The molecule has 1 aliphatic carbocycles. The van der Waals surface area contributed by atoms with E-state index in [1.807, 2.05) is 0 Å². The Morgan fingerprint density at radius 1 is 1.00 bits per heavy atom. The summed E-state index contributed by atoms with van der Waals surface area (Å²) in [6.45, 7) is 7.37. The van der Waals surface area contributed by atoms with E-state index in [1.165, 1.54) is 38.5 Å². The van der Waals surface area contributed by atoms with Gasteiger partial charge in [-0.25, -0.2) is 0 Å². The van der Waals surface area contributed by atoms with Gasteiger partial charge in [0.15, 0.2) is 0 Å². The lowest BCUT2D eigenvalue weighted by molar-refractivity contribution is 0.202. The highest BCUT2D eigenvalue weighted by molar-refractivity contribution is 4.75. The standard InChI is InChI=1S/C15H30O/c1-12(2)15-8-6-14(7-9-15)5-4-13(3)10-11-16/h12-16H,4-11H2,1-3H3. The molecular weight excluding hydrogens is 196 g/mol.